The lowest BCUT2D eigenvalue weighted by atomic mass is 10.3. The van der Waals surface area contributed by atoms with Gasteiger partial charge in [-0.1, -0.05) is 6.07 Å². The molecule has 0 fully saturated rings. The third-order valence-electron chi connectivity index (χ3n) is 1.68. The molecule has 1 aromatic heterocycles. The predicted molar refractivity (Wildman–Crippen MR) is 54.6 cm³/mol. The van der Waals surface area contributed by atoms with Gasteiger partial charge in [-0.15, -0.1) is 11.3 Å². The van der Waals surface area contributed by atoms with Gasteiger partial charge in [-0.05, 0) is 12.1 Å². The molecule has 72 valence electrons. The van der Waals surface area contributed by atoms with Crippen LogP contribution in [-0.4, -0.2) is 10.1 Å². The maximum Gasteiger partial charge on any atom is 0.124 e. The first-order valence-corrected chi connectivity index (χ1v) is 5.02. The Hall–Kier alpha value is -1.55. The molecule has 0 spiro atoms. The van der Waals surface area contributed by atoms with Crippen molar-refractivity contribution in [2.45, 2.75) is 6.61 Å². The fraction of sp³-hybridized carbons (Fsp3) is 0.100. The molecular formula is C10H9NO2S. The van der Waals surface area contributed by atoms with E-state index in [-0.39, 0.29) is 5.75 Å². The van der Waals surface area contributed by atoms with Gasteiger partial charge < -0.3 is 9.84 Å². The molecule has 1 heterocycles. The number of hydrogen-bond donors (Lipinski definition) is 1. The van der Waals surface area contributed by atoms with Crippen LogP contribution in [0.1, 0.15) is 4.88 Å². The molecule has 0 aliphatic carbocycles. The molecule has 4 heteroatoms. The first kappa shape index (κ1) is 9.02. The largest absolute Gasteiger partial charge is 0.508 e. The molecule has 0 saturated carbocycles. The number of hydrogen-bond acceptors (Lipinski definition) is 4. The van der Waals surface area contributed by atoms with Crippen molar-refractivity contribution in [1.29, 1.82) is 0 Å². The standard InChI is InChI=1S/C10H9NO2S/c12-8-2-1-3-9(4-8)13-6-10-5-11-7-14-10/h1-5,7,12H,6H2. The normalized spacial score (nSPS) is 10.0. The van der Waals surface area contributed by atoms with Gasteiger partial charge in [0, 0.05) is 12.3 Å². The van der Waals surface area contributed by atoms with Gasteiger partial charge in [-0.25, -0.2) is 0 Å². The van der Waals surface area contributed by atoms with Crippen molar-refractivity contribution in [3.05, 3.63) is 40.8 Å². The minimum atomic E-state index is 0.215. The van der Waals surface area contributed by atoms with Gasteiger partial charge >= 0.3 is 0 Å². The van der Waals surface area contributed by atoms with Crippen molar-refractivity contribution in [1.82, 2.24) is 4.98 Å². The number of rotatable bonds is 3. The van der Waals surface area contributed by atoms with Gasteiger partial charge in [-0.2, -0.15) is 0 Å². The van der Waals surface area contributed by atoms with Crippen LogP contribution in [0, 0.1) is 0 Å². The highest BCUT2D eigenvalue weighted by Gasteiger charge is 1.97. The SMILES string of the molecule is Oc1cccc(OCc2cncs2)c1. The Bertz CT molecular complexity index is 400. The zero-order chi connectivity index (χ0) is 9.80. The molecule has 3 nitrogen and oxygen atoms in total. The van der Waals surface area contributed by atoms with E-state index in [1.165, 1.54) is 0 Å². The maximum absolute atomic E-state index is 9.18. The fourth-order valence-corrected chi connectivity index (χ4v) is 1.55. The van der Waals surface area contributed by atoms with Crippen LogP contribution >= 0.6 is 11.3 Å². The Kier molecular flexibility index (Phi) is 2.65. The lowest BCUT2D eigenvalue weighted by Gasteiger charge is -2.03. The molecule has 2 rings (SSSR count). The Morgan fingerprint density at radius 3 is 3.07 bits per heavy atom. The fourth-order valence-electron chi connectivity index (χ4n) is 1.04. The lowest BCUT2D eigenvalue weighted by Crippen LogP contribution is -1.92. The summed E-state index contributed by atoms with van der Waals surface area (Å²) < 4.78 is 5.44. The van der Waals surface area contributed by atoms with Crippen LogP contribution in [0.2, 0.25) is 0 Å². The van der Waals surface area contributed by atoms with Crippen molar-refractivity contribution in [3.8, 4) is 11.5 Å². The molecule has 0 bridgehead atoms. The van der Waals surface area contributed by atoms with E-state index in [0.29, 0.717) is 12.4 Å². The van der Waals surface area contributed by atoms with Crippen LogP contribution in [-0.2, 0) is 6.61 Å². The quantitative estimate of drug-likeness (QED) is 0.840. The summed E-state index contributed by atoms with van der Waals surface area (Å²) in [6, 6.07) is 6.75. The molecule has 1 aromatic carbocycles. The van der Waals surface area contributed by atoms with Gasteiger partial charge in [0.25, 0.3) is 0 Å². The van der Waals surface area contributed by atoms with E-state index in [9.17, 15) is 5.11 Å². The second kappa shape index (κ2) is 4.11. The van der Waals surface area contributed by atoms with Gasteiger partial charge in [0.15, 0.2) is 0 Å². The molecular weight excluding hydrogens is 198 g/mol. The van der Waals surface area contributed by atoms with Crippen molar-refractivity contribution >= 4 is 11.3 Å². The minimum absolute atomic E-state index is 0.215. The van der Waals surface area contributed by atoms with Gasteiger partial charge in [0.05, 0.1) is 10.4 Å². The van der Waals surface area contributed by atoms with Gasteiger partial charge in [-0.3, -0.25) is 4.98 Å². The van der Waals surface area contributed by atoms with E-state index >= 15 is 0 Å². The van der Waals surface area contributed by atoms with Gasteiger partial charge in [0.2, 0.25) is 0 Å². The van der Waals surface area contributed by atoms with E-state index in [1.54, 1.807) is 47.3 Å². The lowest BCUT2D eigenvalue weighted by molar-refractivity contribution is 0.307. The molecule has 0 amide bonds. The van der Waals surface area contributed by atoms with E-state index < -0.39 is 0 Å². The summed E-state index contributed by atoms with van der Waals surface area (Å²) >= 11 is 1.55. The first-order valence-electron chi connectivity index (χ1n) is 4.14. The summed E-state index contributed by atoms with van der Waals surface area (Å²) in [5.74, 6) is 0.880. The van der Waals surface area contributed by atoms with Crippen LogP contribution in [0.4, 0.5) is 0 Å². The van der Waals surface area contributed by atoms with Gasteiger partial charge in [0.1, 0.15) is 18.1 Å². The Labute approximate surface area is 85.6 Å². The van der Waals surface area contributed by atoms with Crippen LogP contribution < -0.4 is 4.74 Å². The third-order valence-corrected chi connectivity index (χ3v) is 2.44. The van der Waals surface area contributed by atoms with E-state index in [4.69, 9.17) is 4.74 Å². The molecule has 0 unspecified atom stereocenters. The minimum Gasteiger partial charge on any atom is -0.508 e. The van der Waals surface area contributed by atoms with Crippen LogP contribution in [0.5, 0.6) is 11.5 Å². The summed E-state index contributed by atoms with van der Waals surface area (Å²) in [4.78, 5) is 5.00. The number of aromatic hydroxyl groups is 1. The molecule has 0 saturated heterocycles. The molecule has 1 N–H and O–H groups in total. The average molecular weight is 207 g/mol. The number of thiazole rings is 1. The maximum atomic E-state index is 9.18. The monoisotopic (exact) mass is 207 g/mol. The van der Waals surface area contributed by atoms with Crippen molar-refractivity contribution in [2.24, 2.45) is 0 Å². The Morgan fingerprint density at radius 2 is 2.36 bits per heavy atom. The van der Waals surface area contributed by atoms with Crippen molar-refractivity contribution in [3.63, 3.8) is 0 Å². The number of nitrogens with zero attached hydrogens (tertiary/aromatic N) is 1. The number of benzene rings is 1. The number of ether oxygens (including phenoxy) is 1. The number of phenols is 1. The van der Waals surface area contributed by atoms with Crippen LogP contribution in [0.3, 0.4) is 0 Å². The summed E-state index contributed by atoms with van der Waals surface area (Å²) in [6.45, 7) is 0.494. The molecule has 0 radical (unpaired) electrons. The third kappa shape index (κ3) is 2.23. The van der Waals surface area contributed by atoms with Crippen molar-refractivity contribution in [2.75, 3.05) is 0 Å². The molecule has 0 atom stereocenters. The first-order chi connectivity index (χ1) is 6.84. The predicted octanol–water partition coefficient (Wildman–Crippen LogP) is 2.43. The van der Waals surface area contributed by atoms with E-state index in [1.807, 2.05) is 0 Å². The topological polar surface area (TPSA) is 42.4 Å². The van der Waals surface area contributed by atoms with E-state index in [2.05, 4.69) is 4.98 Å². The second-order valence-corrected chi connectivity index (χ2v) is 3.72. The zero-order valence-corrected chi connectivity index (χ0v) is 8.20. The molecule has 0 aliphatic rings. The summed E-state index contributed by atoms with van der Waals surface area (Å²) in [6.07, 6.45) is 1.77. The van der Waals surface area contributed by atoms with Crippen LogP contribution in [0.15, 0.2) is 36.0 Å². The summed E-state index contributed by atoms with van der Waals surface area (Å²) in [7, 11) is 0. The Morgan fingerprint density at radius 1 is 1.43 bits per heavy atom. The highest BCUT2D eigenvalue weighted by Crippen LogP contribution is 2.19. The summed E-state index contributed by atoms with van der Waals surface area (Å²) in [5.41, 5.74) is 1.77. The highest BCUT2D eigenvalue weighted by atomic mass is 32.1. The average Bonchev–Trinajstić information content (AvgIpc) is 2.67. The molecule has 2 aromatic rings. The highest BCUT2D eigenvalue weighted by molar-refractivity contribution is 7.09. The second-order valence-electron chi connectivity index (χ2n) is 2.75. The Balaban J connectivity index is 1.98. The van der Waals surface area contributed by atoms with Crippen LogP contribution in [0.25, 0.3) is 0 Å². The zero-order valence-electron chi connectivity index (χ0n) is 7.38. The summed E-state index contributed by atoms with van der Waals surface area (Å²) in [5, 5.41) is 9.18. The van der Waals surface area contributed by atoms with E-state index in [0.717, 1.165) is 4.88 Å². The molecule has 14 heavy (non-hydrogen) atoms. The number of phenolic OH excluding ortho intramolecular Hbond substituents is 1. The molecule has 0 aliphatic heterocycles. The smallest absolute Gasteiger partial charge is 0.124 e. The van der Waals surface area contributed by atoms with Crippen molar-refractivity contribution < 1.29 is 9.84 Å². The number of aromatic nitrogens is 1.